The molecular weight excluding hydrogens is 268 g/mol. The van der Waals surface area contributed by atoms with Crippen LogP contribution in [0.25, 0.3) is 0 Å². The Kier molecular flexibility index (Phi) is 6.09. The van der Waals surface area contributed by atoms with E-state index in [0.717, 1.165) is 6.92 Å². The molecule has 8 heteroatoms. The summed E-state index contributed by atoms with van der Waals surface area (Å²) in [6.45, 7) is 2.88. The van der Waals surface area contributed by atoms with Gasteiger partial charge in [-0.15, -0.1) is 0 Å². The highest BCUT2D eigenvalue weighted by atomic mass is 35.6. The standard InChI is InChI=1S/C7H10Cl3NO4/c1-3-14-6(13)11-5(7(8,9)10)15-4(2)12/h5H,3H2,1-2H3,(H,11,13). The first-order valence-electron chi connectivity index (χ1n) is 3.94. The number of hydrogen-bond acceptors (Lipinski definition) is 4. The smallest absolute Gasteiger partial charge is 0.410 e. The van der Waals surface area contributed by atoms with Crippen LogP contribution in [0.15, 0.2) is 0 Å². The molecule has 1 unspecified atom stereocenters. The van der Waals surface area contributed by atoms with Crippen LogP contribution in [0.1, 0.15) is 13.8 Å². The van der Waals surface area contributed by atoms with Gasteiger partial charge < -0.3 is 9.47 Å². The van der Waals surface area contributed by atoms with E-state index >= 15 is 0 Å². The van der Waals surface area contributed by atoms with Crippen molar-refractivity contribution in [1.82, 2.24) is 5.32 Å². The molecule has 0 aromatic carbocycles. The zero-order valence-electron chi connectivity index (χ0n) is 8.05. The third kappa shape index (κ3) is 6.65. The van der Waals surface area contributed by atoms with E-state index in [1.54, 1.807) is 6.92 Å². The monoisotopic (exact) mass is 277 g/mol. The summed E-state index contributed by atoms with van der Waals surface area (Å²) in [5, 5.41) is 2.09. The Balaban J connectivity index is 4.38. The molecule has 1 atom stereocenters. The minimum atomic E-state index is -1.96. The Labute approximate surface area is 102 Å². The Morgan fingerprint density at radius 1 is 1.40 bits per heavy atom. The zero-order chi connectivity index (χ0) is 12.1. The molecule has 15 heavy (non-hydrogen) atoms. The van der Waals surface area contributed by atoms with Gasteiger partial charge in [-0.05, 0) is 6.92 Å². The molecule has 0 radical (unpaired) electrons. The second-order valence-electron chi connectivity index (χ2n) is 2.40. The van der Waals surface area contributed by atoms with Gasteiger partial charge in [-0.3, -0.25) is 10.1 Å². The molecule has 88 valence electrons. The summed E-state index contributed by atoms with van der Waals surface area (Å²) < 4.78 is 7.16. The van der Waals surface area contributed by atoms with Crippen molar-refractivity contribution in [2.75, 3.05) is 6.61 Å². The number of hydrogen-bond donors (Lipinski definition) is 1. The maximum Gasteiger partial charge on any atom is 0.410 e. The Hall–Kier alpha value is -0.390. The lowest BCUT2D eigenvalue weighted by atomic mass is 10.6. The predicted molar refractivity (Wildman–Crippen MR) is 56.0 cm³/mol. The third-order valence-electron chi connectivity index (χ3n) is 1.11. The van der Waals surface area contributed by atoms with Crippen molar-refractivity contribution in [2.45, 2.75) is 23.9 Å². The van der Waals surface area contributed by atoms with Gasteiger partial charge in [-0.1, -0.05) is 34.8 Å². The molecule has 0 aliphatic heterocycles. The minimum absolute atomic E-state index is 0.151. The summed E-state index contributed by atoms with van der Waals surface area (Å²) in [6, 6.07) is 0. The van der Waals surface area contributed by atoms with E-state index in [1.807, 2.05) is 0 Å². The molecule has 0 aromatic rings. The molecule has 0 saturated heterocycles. The van der Waals surface area contributed by atoms with Crippen LogP contribution in [0.4, 0.5) is 4.79 Å². The highest BCUT2D eigenvalue weighted by Gasteiger charge is 2.37. The van der Waals surface area contributed by atoms with Crippen LogP contribution in [0.2, 0.25) is 0 Å². The second kappa shape index (κ2) is 6.25. The SMILES string of the molecule is CCOC(=O)NC(OC(C)=O)C(Cl)(Cl)Cl. The van der Waals surface area contributed by atoms with E-state index in [4.69, 9.17) is 34.8 Å². The first-order valence-corrected chi connectivity index (χ1v) is 5.08. The summed E-state index contributed by atoms with van der Waals surface area (Å²) in [5.74, 6) is -0.692. The fraction of sp³-hybridized carbons (Fsp3) is 0.714. The number of esters is 1. The summed E-state index contributed by atoms with van der Waals surface area (Å²) in [4.78, 5) is 21.6. The number of rotatable bonds is 3. The second-order valence-corrected chi connectivity index (χ2v) is 4.76. The number of alkyl carbamates (subject to hydrolysis) is 1. The molecular formula is C7H10Cl3NO4. The first kappa shape index (κ1) is 14.6. The van der Waals surface area contributed by atoms with Gasteiger partial charge in [-0.25, -0.2) is 4.79 Å². The Bertz CT molecular complexity index is 241. The van der Waals surface area contributed by atoms with Crippen molar-refractivity contribution < 1.29 is 19.1 Å². The lowest BCUT2D eigenvalue weighted by Crippen LogP contribution is -2.46. The largest absolute Gasteiger partial charge is 0.450 e. The first-order chi connectivity index (χ1) is 6.77. The van der Waals surface area contributed by atoms with E-state index < -0.39 is 22.1 Å². The molecule has 0 rings (SSSR count). The highest BCUT2D eigenvalue weighted by Crippen LogP contribution is 2.31. The number of ether oxygens (including phenoxy) is 2. The van der Waals surface area contributed by atoms with Crippen molar-refractivity contribution in [3.05, 3.63) is 0 Å². The van der Waals surface area contributed by atoms with Gasteiger partial charge in [0.1, 0.15) is 0 Å². The van der Waals surface area contributed by atoms with Gasteiger partial charge in [0.25, 0.3) is 0 Å². The molecule has 0 heterocycles. The van der Waals surface area contributed by atoms with Crippen molar-refractivity contribution in [2.24, 2.45) is 0 Å². The fourth-order valence-electron chi connectivity index (χ4n) is 0.624. The van der Waals surface area contributed by atoms with Crippen LogP contribution in [0, 0.1) is 0 Å². The summed E-state index contributed by atoms with van der Waals surface area (Å²) in [5.41, 5.74) is 0. The van der Waals surface area contributed by atoms with Gasteiger partial charge in [0.05, 0.1) is 6.61 Å². The average Bonchev–Trinajstić information content (AvgIpc) is 2.00. The lowest BCUT2D eigenvalue weighted by Gasteiger charge is -2.24. The fourth-order valence-corrected chi connectivity index (χ4v) is 0.921. The van der Waals surface area contributed by atoms with Crippen molar-refractivity contribution in [3.63, 3.8) is 0 Å². The number of amides is 1. The molecule has 0 fully saturated rings. The predicted octanol–water partition coefficient (Wildman–Crippen LogP) is 1.99. The van der Waals surface area contributed by atoms with Gasteiger partial charge in [0.2, 0.25) is 10.0 Å². The van der Waals surface area contributed by atoms with E-state index in [9.17, 15) is 9.59 Å². The van der Waals surface area contributed by atoms with Crippen LogP contribution in [0.3, 0.4) is 0 Å². The van der Waals surface area contributed by atoms with Gasteiger partial charge in [-0.2, -0.15) is 0 Å². The van der Waals surface area contributed by atoms with Crippen molar-refractivity contribution in [3.8, 4) is 0 Å². The van der Waals surface area contributed by atoms with Crippen LogP contribution < -0.4 is 5.32 Å². The van der Waals surface area contributed by atoms with Crippen LogP contribution in [0.5, 0.6) is 0 Å². The molecule has 0 bridgehead atoms. The molecule has 0 aromatic heterocycles. The van der Waals surface area contributed by atoms with Crippen molar-refractivity contribution in [1.29, 1.82) is 0 Å². The summed E-state index contributed by atoms with van der Waals surface area (Å²) >= 11 is 16.4. The molecule has 0 spiro atoms. The number of carbonyl (C=O) groups is 2. The third-order valence-corrected chi connectivity index (χ3v) is 1.70. The molecule has 0 saturated carbocycles. The quantitative estimate of drug-likeness (QED) is 0.487. The van der Waals surface area contributed by atoms with E-state index in [0.29, 0.717) is 0 Å². The zero-order valence-corrected chi connectivity index (χ0v) is 10.3. The highest BCUT2D eigenvalue weighted by molar-refractivity contribution is 6.68. The van der Waals surface area contributed by atoms with Crippen LogP contribution >= 0.6 is 34.8 Å². The van der Waals surface area contributed by atoms with E-state index in [1.165, 1.54) is 0 Å². The minimum Gasteiger partial charge on any atom is -0.450 e. The van der Waals surface area contributed by atoms with Crippen LogP contribution in [-0.2, 0) is 14.3 Å². The maximum atomic E-state index is 11.0. The lowest BCUT2D eigenvalue weighted by molar-refractivity contribution is -0.147. The maximum absolute atomic E-state index is 11.0. The summed E-state index contributed by atoms with van der Waals surface area (Å²) in [6.07, 6.45) is -2.23. The van der Waals surface area contributed by atoms with Crippen LogP contribution in [-0.4, -0.2) is 28.7 Å². The number of alkyl halides is 3. The Morgan fingerprint density at radius 2 is 1.93 bits per heavy atom. The van der Waals surface area contributed by atoms with Gasteiger partial charge in [0.15, 0.2) is 0 Å². The normalized spacial score (nSPS) is 12.9. The summed E-state index contributed by atoms with van der Waals surface area (Å²) in [7, 11) is 0. The van der Waals surface area contributed by atoms with Gasteiger partial charge in [0, 0.05) is 6.92 Å². The molecule has 0 aliphatic rings. The Morgan fingerprint density at radius 3 is 2.27 bits per heavy atom. The number of halogens is 3. The topological polar surface area (TPSA) is 64.6 Å². The van der Waals surface area contributed by atoms with E-state index in [2.05, 4.69) is 14.8 Å². The van der Waals surface area contributed by atoms with Gasteiger partial charge >= 0.3 is 12.1 Å². The molecule has 1 N–H and O–H groups in total. The molecule has 1 amide bonds. The van der Waals surface area contributed by atoms with E-state index in [-0.39, 0.29) is 6.61 Å². The number of nitrogens with one attached hydrogen (secondary N) is 1. The number of carbonyl (C=O) groups excluding carboxylic acids is 2. The average molecular weight is 279 g/mol. The molecule has 5 nitrogen and oxygen atoms in total. The van der Waals surface area contributed by atoms with Crippen molar-refractivity contribution >= 4 is 46.9 Å². The molecule has 0 aliphatic carbocycles.